The normalized spacial score (nSPS) is 20.7. The maximum atomic E-state index is 13.4. The monoisotopic (exact) mass is 401 g/mol. The van der Waals surface area contributed by atoms with Crippen LogP contribution in [-0.4, -0.2) is 53.2 Å². The molecule has 1 aliphatic carbocycles. The van der Waals surface area contributed by atoms with Gasteiger partial charge < -0.3 is 15.5 Å². The molecule has 2 unspecified atom stereocenters. The fourth-order valence-electron chi connectivity index (χ4n) is 3.28. The van der Waals surface area contributed by atoms with E-state index in [1.807, 2.05) is 0 Å². The molecule has 28 heavy (non-hydrogen) atoms. The van der Waals surface area contributed by atoms with Crippen molar-refractivity contribution in [3.63, 3.8) is 0 Å². The molecule has 1 aliphatic rings. The minimum Gasteiger partial charge on any atom is -0.395 e. The summed E-state index contributed by atoms with van der Waals surface area (Å²) in [5.41, 5.74) is 1.31. The fraction of sp³-hybridized carbons (Fsp3) is 0.350. The smallest absolute Gasteiger partial charge is 0.248 e. The number of rotatable bonds is 7. The highest BCUT2D eigenvalue weighted by Gasteiger charge is 2.40. The minimum atomic E-state index is -3.84. The largest absolute Gasteiger partial charge is 0.395 e. The van der Waals surface area contributed by atoms with Gasteiger partial charge in [0.05, 0.1) is 23.8 Å². The first-order valence-corrected chi connectivity index (χ1v) is 10.4. The van der Waals surface area contributed by atoms with E-state index in [0.717, 1.165) is 0 Å². The van der Waals surface area contributed by atoms with E-state index in [1.165, 1.54) is 10.2 Å². The van der Waals surface area contributed by atoms with Gasteiger partial charge in [-0.2, -0.15) is 5.26 Å². The standard InChI is InChI=1S/C20H23N3O4S/c1-20(8-5-15(6-9-20)18(25)14-22-10-12-24)28(26,27)23-11-7-16-3-2-4-17(13-21)19(16)23/h2-8,11,18,22,24-25H,9-10,12,14H2,1H3. The van der Waals surface area contributed by atoms with E-state index in [0.29, 0.717) is 28.6 Å². The van der Waals surface area contributed by atoms with Crippen molar-refractivity contribution in [1.82, 2.24) is 9.29 Å². The molecule has 0 radical (unpaired) electrons. The second-order valence-electron chi connectivity index (χ2n) is 6.97. The molecular weight excluding hydrogens is 378 g/mol. The third-order valence-electron chi connectivity index (χ3n) is 5.03. The number of aliphatic hydroxyl groups excluding tert-OH is 2. The highest BCUT2D eigenvalue weighted by atomic mass is 32.2. The van der Waals surface area contributed by atoms with Crippen LogP contribution in [0.2, 0.25) is 0 Å². The average Bonchev–Trinajstić information content (AvgIpc) is 3.13. The van der Waals surface area contributed by atoms with E-state index >= 15 is 0 Å². The van der Waals surface area contributed by atoms with Crippen molar-refractivity contribution in [2.75, 3.05) is 19.7 Å². The molecule has 8 heteroatoms. The van der Waals surface area contributed by atoms with Gasteiger partial charge in [-0.25, -0.2) is 12.4 Å². The highest BCUT2D eigenvalue weighted by Crippen LogP contribution is 2.34. The van der Waals surface area contributed by atoms with E-state index in [2.05, 4.69) is 11.4 Å². The van der Waals surface area contributed by atoms with Gasteiger partial charge in [0.1, 0.15) is 10.8 Å². The van der Waals surface area contributed by atoms with Crippen LogP contribution in [0.3, 0.4) is 0 Å². The molecule has 148 valence electrons. The summed E-state index contributed by atoms with van der Waals surface area (Å²) in [6, 6.07) is 8.83. The van der Waals surface area contributed by atoms with Crippen molar-refractivity contribution in [3.8, 4) is 6.07 Å². The SMILES string of the molecule is CC1(S(=O)(=O)n2ccc3cccc(C#N)c32)C=CC(C(O)CNCCO)=CC1. The van der Waals surface area contributed by atoms with Crippen molar-refractivity contribution in [2.24, 2.45) is 0 Å². The van der Waals surface area contributed by atoms with Crippen LogP contribution >= 0.6 is 0 Å². The lowest BCUT2D eigenvalue weighted by Crippen LogP contribution is -2.39. The zero-order valence-corrected chi connectivity index (χ0v) is 16.4. The molecule has 0 bridgehead atoms. The first-order valence-electron chi connectivity index (χ1n) is 8.98. The topological polar surface area (TPSA) is 115 Å². The van der Waals surface area contributed by atoms with Crippen LogP contribution in [0.1, 0.15) is 18.9 Å². The number of aromatic nitrogens is 1. The molecular formula is C20H23N3O4S. The predicted octanol–water partition coefficient (Wildman–Crippen LogP) is 1.28. The Balaban J connectivity index is 1.90. The van der Waals surface area contributed by atoms with E-state index in [9.17, 15) is 18.8 Å². The second-order valence-corrected chi connectivity index (χ2v) is 9.25. The van der Waals surface area contributed by atoms with Crippen LogP contribution in [0, 0.1) is 11.3 Å². The molecule has 0 spiro atoms. The number of hydrogen-bond acceptors (Lipinski definition) is 6. The van der Waals surface area contributed by atoms with Crippen LogP contribution in [0.15, 0.2) is 54.3 Å². The third-order valence-corrected chi connectivity index (χ3v) is 7.33. The molecule has 2 atom stereocenters. The van der Waals surface area contributed by atoms with Crippen molar-refractivity contribution in [2.45, 2.75) is 24.2 Å². The summed E-state index contributed by atoms with van der Waals surface area (Å²) in [7, 11) is -3.84. The molecule has 1 heterocycles. The summed E-state index contributed by atoms with van der Waals surface area (Å²) in [6.45, 7) is 2.26. The number of nitrogens with one attached hydrogen (secondary N) is 1. The van der Waals surface area contributed by atoms with Gasteiger partial charge >= 0.3 is 0 Å². The lowest BCUT2D eigenvalue weighted by Gasteiger charge is -2.29. The number of fused-ring (bicyclic) bond motifs is 1. The van der Waals surface area contributed by atoms with Gasteiger partial charge in [-0.15, -0.1) is 0 Å². The molecule has 1 aromatic carbocycles. The number of benzene rings is 1. The second kappa shape index (κ2) is 7.89. The average molecular weight is 401 g/mol. The van der Waals surface area contributed by atoms with Crippen LogP contribution in [0.5, 0.6) is 0 Å². The first kappa shape index (κ1) is 20.3. The van der Waals surface area contributed by atoms with Gasteiger partial charge in [-0.3, -0.25) is 0 Å². The van der Waals surface area contributed by atoms with Gasteiger partial charge in [-0.05, 0) is 31.1 Å². The number of nitrogens with zero attached hydrogens (tertiary/aromatic N) is 2. The molecule has 2 aromatic rings. The van der Waals surface area contributed by atoms with Crippen LogP contribution < -0.4 is 5.32 Å². The number of aliphatic hydroxyl groups is 2. The summed E-state index contributed by atoms with van der Waals surface area (Å²) < 4.78 is 26.8. The third kappa shape index (κ3) is 3.50. The van der Waals surface area contributed by atoms with E-state index in [4.69, 9.17) is 5.11 Å². The molecule has 0 saturated carbocycles. The first-order chi connectivity index (χ1) is 13.3. The van der Waals surface area contributed by atoms with Crippen molar-refractivity contribution >= 4 is 20.9 Å². The Kier molecular flexibility index (Phi) is 5.72. The summed E-state index contributed by atoms with van der Waals surface area (Å²) in [5.74, 6) is 0. The number of allylic oxidation sites excluding steroid dienone is 1. The molecule has 0 fully saturated rings. The maximum absolute atomic E-state index is 13.4. The van der Waals surface area contributed by atoms with Gasteiger partial charge in [0.15, 0.2) is 0 Å². The zero-order valence-electron chi connectivity index (χ0n) is 15.5. The maximum Gasteiger partial charge on any atom is 0.248 e. The Morgan fingerprint density at radius 1 is 1.39 bits per heavy atom. The summed E-state index contributed by atoms with van der Waals surface area (Å²) >= 11 is 0. The van der Waals surface area contributed by atoms with Crippen LogP contribution in [-0.2, 0) is 10.0 Å². The van der Waals surface area contributed by atoms with Gasteiger partial charge in [0.25, 0.3) is 0 Å². The zero-order chi connectivity index (χ0) is 20.4. The fourth-order valence-corrected chi connectivity index (χ4v) is 4.93. The molecule has 1 aromatic heterocycles. The summed E-state index contributed by atoms with van der Waals surface area (Å²) in [5, 5.41) is 32.0. The molecule has 0 saturated heterocycles. The number of para-hydroxylation sites is 1. The number of nitriles is 1. The lowest BCUT2D eigenvalue weighted by molar-refractivity contribution is 0.203. The van der Waals surface area contributed by atoms with Gasteiger partial charge in [-0.1, -0.05) is 30.4 Å². The quantitative estimate of drug-likeness (QED) is 0.602. The lowest BCUT2D eigenvalue weighted by atomic mass is 9.95. The Morgan fingerprint density at radius 3 is 2.82 bits per heavy atom. The molecule has 3 rings (SSSR count). The molecule has 7 nitrogen and oxygen atoms in total. The molecule has 0 aliphatic heterocycles. The van der Waals surface area contributed by atoms with Gasteiger partial charge in [0, 0.05) is 24.7 Å². The molecule has 0 amide bonds. The Labute approximate surface area is 164 Å². The molecule has 3 N–H and O–H groups in total. The Hall–Kier alpha value is -2.44. The number of hydrogen-bond donors (Lipinski definition) is 3. The van der Waals surface area contributed by atoms with Crippen LogP contribution in [0.4, 0.5) is 0 Å². The minimum absolute atomic E-state index is 0.0204. The van der Waals surface area contributed by atoms with Crippen molar-refractivity contribution in [1.29, 1.82) is 5.26 Å². The van der Waals surface area contributed by atoms with Gasteiger partial charge in [0.2, 0.25) is 10.0 Å². The van der Waals surface area contributed by atoms with Crippen molar-refractivity contribution < 1.29 is 18.6 Å². The summed E-state index contributed by atoms with van der Waals surface area (Å²) in [6.07, 6.45) is 5.84. The highest BCUT2D eigenvalue weighted by molar-refractivity contribution is 7.91. The van der Waals surface area contributed by atoms with E-state index in [1.54, 1.807) is 49.4 Å². The van der Waals surface area contributed by atoms with Crippen molar-refractivity contribution in [3.05, 3.63) is 59.8 Å². The Morgan fingerprint density at radius 2 is 2.18 bits per heavy atom. The van der Waals surface area contributed by atoms with E-state index < -0.39 is 20.9 Å². The Bertz CT molecular complexity index is 1080. The van der Waals surface area contributed by atoms with Crippen LogP contribution in [0.25, 0.3) is 10.9 Å². The predicted molar refractivity (Wildman–Crippen MR) is 107 cm³/mol. The van der Waals surface area contributed by atoms with E-state index in [-0.39, 0.29) is 19.6 Å². The summed E-state index contributed by atoms with van der Waals surface area (Å²) in [4.78, 5) is 0.